The van der Waals surface area contributed by atoms with Crippen molar-refractivity contribution in [2.24, 2.45) is 5.10 Å². The quantitative estimate of drug-likeness (QED) is 0.191. The maximum absolute atomic E-state index is 12.6. The van der Waals surface area contributed by atoms with Crippen molar-refractivity contribution in [3.05, 3.63) is 72.1 Å². The fourth-order valence-electron chi connectivity index (χ4n) is 3.47. The number of hydrogen-bond donors (Lipinski definition) is 1. The zero-order valence-corrected chi connectivity index (χ0v) is 21.7. The van der Waals surface area contributed by atoms with Gasteiger partial charge in [-0.3, -0.25) is 14.3 Å². The van der Waals surface area contributed by atoms with E-state index in [9.17, 15) is 4.79 Å². The van der Waals surface area contributed by atoms with Gasteiger partial charge in [-0.05, 0) is 31.2 Å². The second kappa shape index (κ2) is 12.0. The fraction of sp³-hybridized carbons (Fsp3) is 0.192. The van der Waals surface area contributed by atoms with E-state index in [1.807, 2.05) is 47.9 Å². The third kappa shape index (κ3) is 6.07. The zero-order valence-electron chi connectivity index (χ0n) is 20.8. The molecule has 0 saturated heterocycles. The summed E-state index contributed by atoms with van der Waals surface area (Å²) in [6, 6.07) is 15.2. The molecule has 1 amide bonds. The summed E-state index contributed by atoms with van der Waals surface area (Å²) in [6.07, 6.45) is 4.87. The molecule has 11 heteroatoms. The number of methoxy groups -OCH3 is 3. The van der Waals surface area contributed by atoms with Crippen molar-refractivity contribution in [1.82, 2.24) is 25.2 Å². The molecule has 0 saturated carbocycles. The topological polar surface area (TPSA) is 113 Å². The van der Waals surface area contributed by atoms with Gasteiger partial charge < -0.3 is 14.2 Å². The van der Waals surface area contributed by atoms with E-state index in [0.717, 1.165) is 16.8 Å². The van der Waals surface area contributed by atoms with Crippen LogP contribution in [0.15, 0.2) is 71.2 Å². The summed E-state index contributed by atoms with van der Waals surface area (Å²) in [5.41, 5.74) is 6.00. The minimum atomic E-state index is -0.309. The molecule has 2 aromatic carbocycles. The number of nitrogens with one attached hydrogen (secondary N) is 1. The molecule has 0 aliphatic heterocycles. The molecule has 0 aliphatic rings. The van der Waals surface area contributed by atoms with Crippen molar-refractivity contribution in [2.45, 2.75) is 12.1 Å². The second-order valence-electron chi connectivity index (χ2n) is 7.74. The molecular formula is C26H26N6O4S. The van der Waals surface area contributed by atoms with Crippen molar-refractivity contribution in [2.75, 3.05) is 27.1 Å². The zero-order chi connectivity index (χ0) is 26.2. The average molecular weight is 519 g/mol. The molecule has 190 valence electrons. The van der Waals surface area contributed by atoms with Crippen LogP contribution in [-0.4, -0.2) is 59.0 Å². The lowest BCUT2D eigenvalue weighted by atomic mass is 10.2. The van der Waals surface area contributed by atoms with Crippen molar-refractivity contribution < 1.29 is 19.0 Å². The number of hydrazone groups is 1. The number of aryl methyl sites for hydroxylation is 1. The van der Waals surface area contributed by atoms with Gasteiger partial charge in [0.1, 0.15) is 17.2 Å². The van der Waals surface area contributed by atoms with Crippen molar-refractivity contribution in [1.29, 1.82) is 0 Å². The predicted molar refractivity (Wildman–Crippen MR) is 142 cm³/mol. The first-order chi connectivity index (χ1) is 18.0. The average Bonchev–Trinajstić information content (AvgIpc) is 3.36. The number of aromatic nitrogens is 4. The van der Waals surface area contributed by atoms with Gasteiger partial charge in [0.15, 0.2) is 11.0 Å². The van der Waals surface area contributed by atoms with Crippen LogP contribution in [0.5, 0.6) is 17.2 Å². The van der Waals surface area contributed by atoms with Gasteiger partial charge in [-0.15, -0.1) is 10.2 Å². The highest BCUT2D eigenvalue weighted by molar-refractivity contribution is 7.99. The summed E-state index contributed by atoms with van der Waals surface area (Å²) in [5, 5.41) is 13.4. The molecule has 4 aromatic rings. The van der Waals surface area contributed by atoms with Gasteiger partial charge in [-0.1, -0.05) is 29.5 Å². The Bertz CT molecular complexity index is 1370. The lowest BCUT2D eigenvalue weighted by Crippen LogP contribution is -2.20. The second-order valence-corrected chi connectivity index (χ2v) is 8.68. The van der Waals surface area contributed by atoms with Gasteiger partial charge in [-0.25, -0.2) is 5.43 Å². The molecule has 0 spiro atoms. The minimum absolute atomic E-state index is 0.0779. The maximum Gasteiger partial charge on any atom is 0.250 e. The van der Waals surface area contributed by atoms with E-state index in [4.69, 9.17) is 14.2 Å². The number of amides is 1. The molecule has 0 aliphatic carbocycles. The Labute approximate surface area is 218 Å². The molecule has 2 heterocycles. The Hall–Kier alpha value is -4.38. The Morgan fingerprint density at radius 2 is 1.68 bits per heavy atom. The molecule has 2 aromatic heterocycles. The van der Waals surface area contributed by atoms with Crippen LogP contribution in [-0.2, 0) is 4.79 Å². The maximum atomic E-state index is 12.6. The Kier molecular flexibility index (Phi) is 8.37. The van der Waals surface area contributed by atoms with Gasteiger partial charge >= 0.3 is 0 Å². The summed E-state index contributed by atoms with van der Waals surface area (Å²) in [5.74, 6) is 2.00. The number of rotatable bonds is 10. The van der Waals surface area contributed by atoms with E-state index < -0.39 is 0 Å². The van der Waals surface area contributed by atoms with E-state index >= 15 is 0 Å². The van der Waals surface area contributed by atoms with Crippen LogP contribution in [0.25, 0.3) is 17.1 Å². The van der Waals surface area contributed by atoms with E-state index in [-0.39, 0.29) is 11.7 Å². The molecule has 10 nitrogen and oxygen atoms in total. The number of benzene rings is 2. The van der Waals surface area contributed by atoms with Gasteiger partial charge in [0.25, 0.3) is 5.91 Å². The molecule has 0 fully saturated rings. The number of pyridine rings is 1. The van der Waals surface area contributed by atoms with E-state index in [1.165, 1.54) is 32.2 Å². The number of carbonyl (C=O) groups excluding carboxylic acids is 1. The highest BCUT2D eigenvalue weighted by atomic mass is 32.2. The van der Waals surface area contributed by atoms with Crippen molar-refractivity contribution in [3.63, 3.8) is 0 Å². The van der Waals surface area contributed by atoms with Crippen LogP contribution in [0.4, 0.5) is 0 Å². The van der Waals surface area contributed by atoms with Crippen LogP contribution in [0, 0.1) is 6.92 Å². The highest BCUT2D eigenvalue weighted by Crippen LogP contribution is 2.32. The molecule has 37 heavy (non-hydrogen) atoms. The van der Waals surface area contributed by atoms with E-state index in [0.29, 0.717) is 33.8 Å². The number of ether oxygens (including phenoxy) is 3. The van der Waals surface area contributed by atoms with E-state index in [2.05, 4.69) is 25.7 Å². The third-order valence-corrected chi connectivity index (χ3v) is 6.26. The fourth-order valence-corrected chi connectivity index (χ4v) is 4.21. The minimum Gasteiger partial charge on any atom is -0.496 e. The lowest BCUT2D eigenvalue weighted by Gasteiger charge is -2.12. The van der Waals surface area contributed by atoms with Crippen LogP contribution in [0.3, 0.4) is 0 Å². The Balaban J connectivity index is 1.50. The molecule has 0 radical (unpaired) electrons. The van der Waals surface area contributed by atoms with Gasteiger partial charge in [0.2, 0.25) is 0 Å². The van der Waals surface area contributed by atoms with Gasteiger partial charge in [-0.2, -0.15) is 5.10 Å². The van der Waals surface area contributed by atoms with Crippen LogP contribution < -0.4 is 19.6 Å². The molecular weight excluding hydrogens is 492 g/mol. The molecule has 0 bridgehead atoms. The highest BCUT2D eigenvalue weighted by Gasteiger charge is 2.17. The standard InChI is InChI=1S/C26H26N6O4S/c1-17-5-7-19(8-6-17)32-25(18-9-11-27-12-10-18)30-31-26(32)37-16-24(33)29-28-15-21-22(35-3)13-20(34-2)14-23(21)36-4/h5-15H,16H2,1-4H3,(H,29,33)/b28-15-. The normalized spacial score (nSPS) is 10.9. The monoisotopic (exact) mass is 518 g/mol. The molecule has 0 unspecified atom stereocenters. The van der Waals surface area contributed by atoms with Gasteiger partial charge in [0.05, 0.1) is 38.9 Å². The summed E-state index contributed by atoms with van der Waals surface area (Å²) in [6.45, 7) is 2.03. The number of hydrogen-bond acceptors (Lipinski definition) is 9. The third-order valence-electron chi connectivity index (χ3n) is 5.33. The molecule has 4 rings (SSSR count). The summed E-state index contributed by atoms with van der Waals surface area (Å²) >= 11 is 1.26. The molecule has 1 N–H and O–H groups in total. The van der Waals surface area contributed by atoms with Crippen LogP contribution >= 0.6 is 11.8 Å². The largest absolute Gasteiger partial charge is 0.496 e. The number of nitrogens with zero attached hydrogens (tertiary/aromatic N) is 5. The van der Waals surface area contributed by atoms with Crippen LogP contribution in [0.1, 0.15) is 11.1 Å². The Morgan fingerprint density at radius 1 is 1.00 bits per heavy atom. The number of thioether (sulfide) groups is 1. The predicted octanol–water partition coefficient (Wildman–Crippen LogP) is 3.91. The lowest BCUT2D eigenvalue weighted by molar-refractivity contribution is -0.118. The smallest absolute Gasteiger partial charge is 0.250 e. The Morgan fingerprint density at radius 3 is 2.30 bits per heavy atom. The van der Waals surface area contributed by atoms with E-state index in [1.54, 1.807) is 31.6 Å². The van der Waals surface area contributed by atoms with Gasteiger partial charge in [0, 0.05) is 35.8 Å². The first-order valence-corrected chi connectivity index (χ1v) is 12.2. The first kappa shape index (κ1) is 25.7. The summed E-state index contributed by atoms with van der Waals surface area (Å²) in [4.78, 5) is 16.7. The SMILES string of the molecule is COc1cc(OC)c(/C=N\NC(=O)CSc2nnc(-c3ccncc3)n2-c2ccc(C)cc2)c(OC)c1. The summed E-state index contributed by atoms with van der Waals surface area (Å²) < 4.78 is 18.0. The first-order valence-electron chi connectivity index (χ1n) is 11.2. The van der Waals surface area contributed by atoms with Crippen molar-refractivity contribution >= 4 is 23.9 Å². The summed E-state index contributed by atoms with van der Waals surface area (Å²) in [7, 11) is 4.62. The van der Waals surface area contributed by atoms with Crippen molar-refractivity contribution in [3.8, 4) is 34.3 Å². The molecule has 0 atom stereocenters. The number of carbonyl (C=O) groups is 1. The van der Waals surface area contributed by atoms with Crippen LogP contribution in [0.2, 0.25) is 0 Å².